The first-order chi connectivity index (χ1) is 14.3. The summed E-state index contributed by atoms with van der Waals surface area (Å²) >= 11 is 1.26. The van der Waals surface area contributed by atoms with Gasteiger partial charge in [-0.25, -0.2) is 4.98 Å². The van der Waals surface area contributed by atoms with Gasteiger partial charge in [0.25, 0.3) is 5.91 Å². The van der Waals surface area contributed by atoms with Crippen LogP contribution < -0.4 is 10.1 Å². The maximum absolute atomic E-state index is 12.5. The van der Waals surface area contributed by atoms with E-state index in [0.29, 0.717) is 33.9 Å². The minimum Gasteiger partial charge on any atom is -0.473 e. The fourth-order valence-corrected chi connectivity index (χ4v) is 3.06. The van der Waals surface area contributed by atoms with Crippen LogP contribution in [-0.2, 0) is 6.61 Å². The number of pyridine rings is 1. The molecule has 0 fully saturated rings. The van der Waals surface area contributed by atoms with Crippen LogP contribution in [0.1, 0.15) is 26.7 Å². The van der Waals surface area contributed by atoms with E-state index in [1.165, 1.54) is 17.5 Å². The molecular weight excluding hydrogens is 388 g/mol. The second-order valence-electron chi connectivity index (χ2n) is 5.91. The molecule has 1 N–H and O–H groups in total. The smallest absolute Gasteiger partial charge is 0.257 e. The molecule has 29 heavy (non-hydrogen) atoms. The summed E-state index contributed by atoms with van der Waals surface area (Å²) in [5.41, 5.74) is 1.44. The molecule has 0 aliphatic heterocycles. The van der Waals surface area contributed by atoms with E-state index in [0.717, 1.165) is 5.56 Å². The Bertz CT molecular complexity index is 1110. The summed E-state index contributed by atoms with van der Waals surface area (Å²) in [5.74, 6) is 0.779. The van der Waals surface area contributed by atoms with Gasteiger partial charge < -0.3 is 9.15 Å². The van der Waals surface area contributed by atoms with Crippen molar-refractivity contribution in [1.29, 1.82) is 0 Å². The number of carbonyl (C=O) groups excluding carboxylic acids is 1. The van der Waals surface area contributed by atoms with Gasteiger partial charge in [-0.3, -0.25) is 10.1 Å². The third-order valence-corrected chi connectivity index (χ3v) is 4.62. The molecule has 1 amide bonds. The van der Waals surface area contributed by atoms with Crippen LogP contribution in [0.5, 0.6) is 5.88 Å². The topological polar surface area (TPSA) is 90.1 Å². The lowest BCUT2D eigenvalue weighted by atomic mass is 10.2. The molecule has 0 saturated carbocycles. The van der Waals surface area contributed by atoms with E-state index in [1.807, 2.05) is 36.4 Å². The summed E-state index contributed by atoms with van der Waals surface area (Å²) in [6.07, 6.45) is 6.68. The van der Waals surface area contributed by atoms with Gasteiger partial charge in [-0.1, -0.05) is 41.7 Å². The van der Waals surface area contributed by atoms with Crippen LogP contribution in [0, 0.1) is 0 Å². The first kappa shape index (κ1) is 18.6. The number of hydrogen-bond acceptors (Lipinski definition) is 7. The van der Waals surface area contributed by atoms with Crippen molar-refractivity contribution >= 4 is 34.5 Å². The van der Waals surface area contributed by atoms with Crippen LogP contribution in [-0.4, -0.2) is 21.1 Å². The van der Waals surface area contributed by atoms with Crippen LogP contribution in [0.25, 0.3) is 12.2 Å². The van der Waals surface area contributed by atoms with Gasteiger partial charge in [0.1, 0.15) is 17.4 Å². The third-order valence-electron chi connectivity index (χ3n) is 3.82. The van der Waals surface area contributed by atoms with Crippen molar-refractivity contribution in [1.82, 2.24) is 15.2 Å². The molecule has 144 valence electrons. The molecule has 1 aromatic carbocycles. The second kappa shape index (κ2) is 8.94. The number of nitrogens with zero attached hydrogens (tertiary/aromatic N) is 3. The van der Waals surface area contributed by atoms with E-state index in [-0.39, 0.29) is 5.91 Å². The van der Waals surface area contributed by atoms with E-state index in [1.54, 1.807) is 36.6 Å². The summed E-state index contributed by atoms with van der Waals surface area (Å²) in [5, 5.41) is 11.8. The van der Waals surface area contributed by atoms with E-state index in [2.05, 4.69) is 20.5 Å². The molecule has 0 aliphatic rings. The van der Waals surface area contributed by atoms with Crippen LogP contribution in [0.15, 0.2) is 71.5 Å². The van der Waals surface area contributed by atoms with Gasteiger partial charge in [-0.05, 0) is 35.9 Å². The van der Waals surface area contributed by atoms with Gasteiger partial charge in [-0.2, -0.15) is 0 Å². The standard InChI is InChI=1S/C21H16N4O3S/c26-20(23-21-25-24-19(29-21)9-8-17-7-4-12-27-17)16-10-11-22-18(13-16)28-14-15-5-2-1-3-6-15/h1-13H,14H2,(H,23,25,26). The van der Waals surface area contributed by atoms with Gasteiger partial charge in [0.05, 0.1) is 6.26 Å². The summed E-state index contributed by atoms with van der Waals surface area (Å²) in [7, 11) is 0. The quantitative estimate of drug-likeness (QED) is 0.487. The highest BCUT2D eigenvalue weighted by atomic mass is 32.1. The first-order valence-corrected chi connectivity index (χ1v) is 9.57. The normalized spacial score (nSPS) is 10.9. The number of furan rings is 1. The van der Waals surface area contributed by atoms with Gasteiger partial charge in [0, 0.05) is 17.8 Å². The SMILES string of the molecule is O=C(Nc1nnc(C=Cc2ccco2)s1)c1ccnc(OCc2ccccc2)c1. The van der Waals surface area contributed by atoms with Crippen molar-refractivity contribution < 1.29 is 13.9 Å². The fourth-order valence-electron chi connectivity index (χ4n) is 2.42. The van der Waals surface area contributed by atoms with E-state index in [9.17, 15) is 4.79 Å². The van der Waals surface area contributed by atoms with Crippen molar-refractivity contribution in [2.75, 3.05) is 5.32 Å². The molecule has 0 unspecified atom stereocenters. The third kappa shape index (κ3) is 5.14. The number of anilines is 1. The zero-order valence-electron chi connectivity index (χ0n) is 15.2. The van der Waals surface area contributed by atoms with Crippen molar-refractivity contribution in [3.05, 3.63) is 89.0 Å². The van der Waals surface area contributed by atoms with E-state index >= 15 is 0 Å². The highest BCUT2D eigenvalue weighted by molar-refractivity contribution is 7.16. The summed E-state index contributed by atoms with van der Waals surface area (Å²) in [4.78, 5) is 16.7. The zero-order chi connectivity index (χ0) is 19.9. The zero-order valence-corrected chi connectivity index (χ0v) is 16.0. The highest BCUT2D eigenvalue weighted by Gasteiger charge is 2.11. The molecule has 4 aromatic rings. The van der Waals surface area contributed by atoms with Crippen LogP contribution in [0.4, 0.5) is 5.13 Å². The van der Waals surface area contributed by atoms with Crippen molar-refractivity contribution in [3.8, 4) is 5.88 Å². The molecule has 3 heterocycles. The Morgan fingerprint density at radius 2 is 2.00 bits per heavy atom. The van der Waals surface area contributed by atoms with Gasteiger partial charge in [0.2, 0.25) is 11.0 Å². The number of hydrogen-bond donors (Lipinski definition) is 1. The second-order valence-corrected chi connectivity index (χ2v) is 6.91. The Kier molecular flexibility index (Phi) is 5.73. The highest BCUT2D eigenvalue weighted by Crippen LogP contribution is 2.19. The molecule has 7 nitrogen and oxygen atoms in total. The first-order valence-electron chi connectivity index (χ1n) is 8.75. The molecule has 4 rings (SSSR count). The lowest BCUT2D eigenvalue weighted by Crippen LogP contribution is -2.12. The Hall–Kier alpha value is -3.78. The van der Waals surface area contributed by atoms with Crippen molar-refractivity contribution in [2.45, 2.75) is 6.61 Å². The molecule has 0 radical (unpaired) electrons. The summed E-state index contributed by atoms with van der Waals surface area (Å²) in [6.45, 7) is 0.376. The maximum atomic E-state index is 12.5. The Morgan fingerprint density at radius 1 is 1.10 bits per heavy atom. The lowest BCUT2D eigenvalue weighted by molar-refractivity contribution is 0.102. The molecule has 0 bridgehead atoms. The number of carbonyl (C=O) groups is 1. The number of nitrogens with one attached hydrogen (secondary N) is 1. The average Bonchev–Trinajstić information content (AvgIpc) is 3.44. The van der Waals surface area contributed by atoms with Crippen LogP contribution >= 0.6 is 11.3 Å². The number of rotatable bonds is 7. The van der Waals surface area contributed by atoms with E-state index < -0.39 is 0 Å². The number of aromatic nitrogens is 3. The summed E-state index contributed by atoms with van der Waals surface area (Å²) in [6, 6.07) is 16.6. The van der Waals surface area contributed by atoms with Gasteiger partial charge in [0.15, 0.2) is 0 Å². The maximum Gasteiger partial charge on any atom is 0.257 e. The van der Waals surface area contributed by atoms with E-state index in [4.69, 9.17) is 9.15 Å². The molecule has 8 heteroatoms. The Balaban J connectivity index is 1.37. The van der Waals surface area contributed by atoms with Crippen LogP contribution in [0.3, 0.4) is 0 Å². The molecule has 0 aliphatic carbocycles. The number of benzene rings is 1. The minimum atomic E-state index is -0.310. The molecule has 3 aromatic heterocycles. The largest absolute Gasteiger partial charge is 0.473 e. The predicted molar refractivity (Wildman–Crippen MR) is 111 cm³/mol. The number of amides is 1. The minimum absolute atomic E-state index is 0.310. The Morgan fingerprint density at radius 3 is 2.83 bits per heavy atom. The predicted octanol–water partition coefficient (Wildman–Crippen LogP) is 4.53. The molecular formula is C21H16N4O3S. The number of ether oxygens (including phenoxy) is 1. The van der Waals surface area contributed by atoms with Crippen molar-refractivity contribution in [2.24, 2.45) is 0 Å². The molecule has 0 saturated heterocycles. The van der Waals surface area contributed by atoms with Gasteiger partial charge in [-0.15, -0.1) is 10.2 Å². The summed E-state index contributed by atoms with van der Waals surface area (Å²) < 4.78 is 10.9. The lowest BCUT2D eigenvalue weighted by Gasteiger charge is -2.07. The van der Waals surface area contributed by atoms with Crippen LogP contribution in [0.2, 0.25) is 0 Å². The monoisotopic (exact) mass is 404 g/mol. The fraction of sp³-hybridized carbons (Fsp3) is 0.0476. The molecule has 0 atom stereocenters. The molecule has 0 spiro atoms. The average molecular weight is 404 g/mol. The van der Waals surface area contributed by atoms with Gasteiger partial charge >= 0.3 is 0 Å². The Labute approximate surface area is 170 Å². The van der Waals surface area contributed by atoms with Crippen molar-refractivity contribution in [3.63, 3.8) is 0 Å².